The molecular weight excluding hydrogens is 180 g/mol. The number of nitrogens with zero attached hydrogens (tertiary/aromatic N) is 2. The molecule has 0 bridgehead atoms. The predicted octanol–water partition coefficient (Wildman–Crippen LogP) is 2.07. The van der Waals surface area contributed by atoms with Gasteiger partial charge in [-0.2, -0.15) is 4.98 Å². The lowest BCUT2D eigenvalue weighted by Crippen LogP contribution is -2.11. The van der Waals surface area contributed by atoms with Gasteiger partial charge in [0.05, 0.1) is 12.0 Å². The summed E-state index contributed by atoms with van der Waals surface area (Å²) < 4.78 is 5.09. The molecule has 1 heterocycles. The van der Waals surface area contributed by atoms with Crippen LogP contribution >= 0.6 is 0 Å². The van der Waals surface area contributed by atoms with Gasteiger partial charge in [-0.25, -0.2) is 0 Å². The molecule has 0 aliphatic heterocycles. The van der Waals surface area contributed by atoms with Gasteiger partial charge in [0.1, 0.15) is 0 Å². The summed E-state index contributed by atoms with van der Waals surface area (Å²) in [6.45, 7) is 7.73. The second-order valence-electron chi connectivity index (χ2n) is 3.83. The van der Waals surface area contributed by atoms with E-state index in [1.807, 2.05) is 6.92 Å². The molecule has 1 aromatic heterocycles. The SMILES string of the molecule is CCC(C)c1noc(C(C)C(C)O)n1. The molecule has 1 N–H and O–H groups in total. The van der Waals surface area contributed by atoms with Crippen molar-refractivity contribution < 1.29 is 9.63 Å². The molecule has 0 spiro atoms. The number of aliphatic hydroxyl groups is 1. The van der Waals surface area contributed by atoms with Gasteiger partial charge in [-0.15, -0.1) is 0 Å². The highest BCUT2D eigenvalue weighted by Crippen LogP contribution is 2.20. The first-order valence-corrected chi connectivity index (χ1v) is 5.07. The van der Waals surface area contributed by atoms with E-state index in [4.69, 9.17) is 4.52 Å². The molecule has 0 aliphatic carbocycles. The van der Waals surface area contributed by atoms with Crippen molar-refractivity contribution in [3.8, 4) is 0 Å². The highest BCUT2D eigenvalue weighted by molar-refractivity contribution is 4.98. The van der Waals surface area contributed by atoms with Crippen LogP contribution in [0.5, 0.6) is 0 Å². The smallest absolute Gasteiger partial charge is 0.232 e. The molecule has 80 valence electrons. The van der Waals surface area contributed by atoms with Crippen molar-refractivity contribution in [3.05, 3.63) is 11.7 Å². The van der Waals surface area contributed by atoms with Crippen LogP contribution in [0, 0.1) is 0 Å². The zero-order valence-corrected chi connectivity index (χ0v) is 9.19. The maximum Gasteiger partial charge on any atom is 0.232 e. The van der Waals surface area contributed by atoms with Gasteiger partial charge in [0.25, 0.3) is 0 Å². The van der Waals surface area contributed by atoms with Crippen LogP contribution in [0.4, 0.5) is 0 Å². The minimum atomic E-state index is -0.458. The number of aromatic nitrogens is 2. The van der Waals surface area contributed by atoms with Crippen LogP contribution in [0.25, 0.3) is 0 Å². The number of hydrogen-bond acceptors (Lipinski definition) is 4. The van der Waals surface area contributed by atoms with Gasteiger partial charge in [-0.1, -0.05) is 25.9 Å². The minimum absolute atomic E-state index is 0.0969. The lowest BCUT2D eigenvalue weighted by molar-refractivity contribution is 0.151. The van der Waals surface area contributed by atoms with Crippen LogP contribution in [0.1, 0.15) is 57.7 Å². The lowest BCUT2D eigenvalue weighted by Gasteiger charge is -2.08. The predicted molar refractivity (Wildman–Crippen MR) is 53.1 cm³/mol. The summed E-state index contributed by atoms with van der Waals surface area (Å²) in [5.41, 5.74) is 0. The van der Waals surface area contributed by atoms with E-state index in [1.54, 1.807) is 6.92 Å². The third-order valence-electron chi connectivity index (χ3n) is 2.62. The molecule has 4 nitrogen and oxygen atoms in total. The Morgan fingerprint density at radius 3 is 2.50 bits per heavy atom. The topological polar surface area (TPSA) is 59.2 Å². The van der Waals surface area contributed by atoms with Crippen LogP contribution in [0.15, 0.2) is 4.52 Å². The number of rotatable bonds is 4. The molecule has 1 aromatic rings. The Balaban J connectivity index is 2.77. The average molecular weight is 198 g/mol. The zero-order valence-electron chi connectivity index (χ0n) is 9.19. The molecular formula is C10H18N2O2. The van der Waals surface area contributed by atoms with Gasteiger partial charge in [0.15, 0.2) is 5.82 Å². The van der Waals surface area contributed by atoms with Crippen LogP contribution in [-0.2, 0) is 0 Å². The van der Waals surface area contributed by atoms with Gasteiger partial charge in [-0.05, 0) is 13.3 Å². The van der Waals surface area contributed by atoms with Crippen molar-refractivity contribution in [2.24, 2.45) is 0 Å². The molecule has 1 rings (SSSR count). The van der Waals surface area contributed by atoms with E-state index in [1.165, 1.54) is 0 Å². The van der Waals surface area contributed by atoms with Crippen LogP contribution in [0.3, 0.4) is 0 Å². The van der Waals surface area contributed by atoms with Crippen molar-refractivity contribution in [1.29, 1.82) is 0 Å². The van der Waals surface area contributed by atoms with Gasteiger partial charge in [0, 0.05) is 5.92 Å². The summed E-state index contributed by atoms with van der Waals surface area (Å²) in [5.74, 6) is 1.47. The van der Waals surface area contributed by atoms with Crippen LogP contribution in [-0.4, -0.2) is 21.4 Å². The Bertz CT molecular complexity index is 283. The first-order valence-electron chi connectivity index (χ1n) is 5.07. The summed E-state index contributed by atoms with van der Waals surface area (Å²) in [4.78, 5) is 4.26. The standard InChI is InChI=1S/C10H18N2O2/c1-5-6(2)9-11-10(14-12-9)7(3)8(4)13/h6-8,13H,5H2,1-4H3. The molecule has 0 saturated heterocycles. The second-order valence-corrected chi connectivity index (χ2v) is 3.83. The Morgan fingerprint density at radius 2 is 2.00 bits per heavy atom. The Labute approximate surface area is 84.3 Å². The molecule has 3 atom stereocenters. The first-order chi connectivity index (χ1) is 6.56. The highest BCUT2D eigenvalue weighted by Gasteiger charge is 2.20. The fraction of sp³-hybridized carbons (Fsp3) is 0.800. The molecule has 0 aliphatic rings. The van der Waals surface area contributed by atoms with Crippen LogP contribution in [0.2, 0.25) is 0 Å². The van der Waals surface area contributed by atoms with E-state index in [9.17, 15) is 5.11 Å². The summed E-state index contributed by atoms with van der Waals surface area (Å²) in [6, 6.07) is 0. The largest absolute Gasteiger partial charge is 0.393 e. The zero-order chi connectivity index (χ0) is 10.7. The van der Waals surface area contributed by atoms with Gasteiger partial charge < -0.3 is 9.63 Å². The molecule has 0 aromatic carbocycles. The van der Waals surface area contributed by atoms with Gasteiger partial charge >= 0.3 is 0 Å². The van der Waals surface area contributed by atoms with E-state index in [0.29, 0.717) is 11.8 Å². The van der Waals surface area contributed by atoms with Crippen molar-refractivity contribution in [2.75, 3.05) is 0 Å². The van der Waals surface area contributed by atoms with E-state index in [-0.39, 0.29) is 5.92 Å². The molecule has 0 saturated carbocycles. The molecule has 3 unspecified atom stereocenters. The Kier molecular flexibility index (Phi) is 3.63. The number of hydrogen-bond donors (Lipinski definition) is 1. The molecule has 0 fully saturated rings. The molecule has 0 radical (unpaired) electrons. The summed E-state index contributed by atoms with van der Waals surface area (Å²) in [6.07, 6.45) is 0.530. The summed E-state index contributed by atoms with van der Waals surface area (Å²) in [5, 5.41) is 13.2. The van der Waals surface area contributed by atoms with Crippen molar-refractivity contribution >= 4 is 0 Å². The number of aliphatic hydroxyl groups excluding tert-OH is 1. The van der Waals surface area contributed by atoms with E-state index in [2.05, 4.69) is 24.0 Å². The summed E-state index contributed by atoms with van der Waals surface area (Å²) in [7, 11) is 0. The molecule has 0 amide bonds. The van der Waals surface area contributed by atoms with E-state index < -0.39 is 6.10 Å². The fourth-order valence-corrected chi connectivity index (χ4v) is 1.02. The third kappa shape index (κ3) is 2.32. The lowest BCUT2D eigenvalue weighted by atomic mass is 10.1. The monoisotopic (exact) mass is 198 g/mol. The normalized spacial score (nSPS) is 17.8. The summed E-state index contributed by atoms with van der Waals surface area (Å²) >= 11 is 0. The van der Waals surface area contributed by atoms with Crippen molar-refractivity contribution in [3.63, 3.8) is 0 Å². The average Bonchev–Trinajstić information content (AvgIpc) is 2.64. The Hall–Kier alpha value is -0.900. The first kappa shape index (κ1) is 11.2. The minimum Gasteiger partial charge on any atom is -0.393 e. The fourth-order valence-electron chi connectivity index (χ4n) is 1.02. The third-order valence-corrected chi connectivity index (χ3v) is 2.62. The maximum atomic E-state index is 9.35. The van der Waals surface area contributed by atoms with Crippen LogP contribution < -0.4 is 0 Å². The van der Waals surface area contributed by atoms with E-state index >= 15 is 0 Å². The highest BCUT2D eigenvalue weighted by atomic mass is 16.5. The van der Waals surface area contributed by atoms with Crippen molar-refractivity contribution in [2.45, 2.75) is 52.1 Å². The van der Waals surface area contributed by atoms with Crippen molar-refractivity contribution in [1.82, 2.24) is 10.1 Å². The second kappa shape index (κ2) is 4.55. The molecule has 4 heteroatoms. The maximum absolute atomic E-state index is 9.35. The Morgan fingerprint density at radius 1 is 1.36 bits per heavy atom. The van der Waals surface area contributed by atoms with E-state index in [0.717, 1.165) is 12.2 Å². The van der Waals surface area contributed by atoms with Gasteiger partial charge in [0.2, 0.25) is 5.89 Å². The molecule has 14 heavy (non-hydrogen) atoms. The van der Waals surface area contributed by atoms with Gasteiger partial charge in [-0.3, -0.25) is 0 Å². The quantitative estimate of drug-likeness (QED) is 0.804.